The van der Waals surface area contributed by atoms with Crippen LogP contribution in [-0.4, -0.2) is 34.2 Å². The molecule has 16 heavy (non-hydrogen) atoms. The summed E-state index contributed by atoms with van der Waals surface area (Å²) in [6.07, 6.45) is 2.18. The highest BCUT2D eigenvalue weighted by atomic mass is 16.3. The van der Waals surface area contributed by atoms with Gasteiger partial charge in [-0.05, 0) is 47.5 Å². The molecule has 0 aromatic heterocycles. The maximum Gasteiger partial charge on any atom is 0.237 e. The van der Waals surface area contributed by atoms with E-state index in [2.05, 4.69) is 10.6 Å². The lowest BCUT2D eigenvalue weighted by Gasteiger charge is -2.40. The van der Waals surface area contributed by atoms with Crippen molar-refractivity contribution in [2.24, 2.45) is 0 Å². The Labute approximate surface area is 97.8 Å². The number of nitrogens with one attached hydrogen (secondary N) is 2. The Balaban J connectivity index is 2.48. The Hall–Kier alpha value is -0.610. The third-order valence-electron chi connectivity index (χ3n) is 3.42. The van der Waals surface area contributed by atoms with E-state index in [0.29, 0.717) is 6.04 Å². The normalized spacial score (nSPS) is 19.4. The van der Waals surface area contributed by atoms with E-state index >= 15 is 0 Å². The molecule has 0 aromatic rings. The van der Waals surface area contributed by atoms with Crippen LogP contribution in [0, 0.1) is 0 Å². The maximum atomic E-state index is 11.7. The summed E-state index contributed by atoms with van der Waals surface area (Å²) >= 11 is 0. The zero-order chi connectivity index (χ0) is 12.6. The van der Waals surface area contributed by atoms with Crippen molar-refractivity contribution in [3.63, 3.8) is 0 Å². The highest BCUT2D eigenvalue weighted by molar-refractivity contribution is 5.81. The minimum absolute atomic E-state index is 0.0137. The van der Waals surface area contributed by atoms with Crippen molar-refractivity contribution in [2.75, 3.05) is 0 Å². The highest BCUT2D eigenvalue weighted by Gasteiger charge is 2.37. The molecule has 94 valence electrons. The van der Waals surface area contributed by atoms with Crippen LogP contribution in [0.5, 0.6) is 0 Å². The topological polar surface area (TPSA) is 61.4 Å². The predicted octanol–water partition coefficient (Wildman–Crippen LogP) is 0.793. The monoisotopic (exact) mass is 228 g/mol. The fourth-order valence-corrected chi connectivity index (χ4v) is 1.34. The van der Waals surface area contributed by atoms with Crippen LogP contribution in [-0.2, 0) is 4.79 Å². The summed E-state index contributed by atoms with van der Waals surface area (Å²) in [6, 6.07) is 0.0871. The average Bonchev–Trinajstić information content (AvgIpc) is 2.84. The van der Waals surface area contributed by atoms with Gasteiger partial charge in [0.15, 0.2) is 0 Å². The summed E-state index contributed by atoms with van der Waals surface area (Å²) in [7, 11) is 0. The van der Waals surface area contributed by atoms with Crippen molar-refractivity contribution in [3.05, 3.63) is 0 Å². The van der Waals surface area contributed by atoms with Gasteiger partial charge in [-0.25, -0.2) is 0 Å². The van der Waals surface area contributed by atoms with Crippen molar-refractivity contribution >= 4 is 5.91 Å². The first kappa shape index (κ1) is 13.5. The lowest BCUT2D eigenvalue weighted by Crippen LogP contribution is -2.61. The Morgan fingerprint density at radius 2 is 1.81 bits per heavy atom. The first-order valence-electron chi connectivity index (χ1n) is 5.94. The van der Waals surface area contributed by atoms with Gasteiger partial charge in [0.2, 0.25) is 5.91 Å². The van der Waals surface area contributed by atoms with Crippen LogP contribution >= 0.6 is 0 Å². The molecular formula is C12H24N2O2. The molecule has 1 rings (SSSR count). The van der Waals surface area contributed by atoms with Crippen LogP contribution in [0.1, 0.15) is 47.5 Å². The molecule has 1 atom stereocenters. The molecule has 0 aromatic carbocycles. The van der Waals surface area contributed by atoms with Gasteiger partial charge in [-0.2, -0.15) is 0 Å². The van der Waals surface area contributed by atoms with E-state index in [0.717, 1.165) is 12.8 Å². The summed E-state index contributed by atoms with van der Waals surface area (Å²) in [5.41, 5.74) is -1.38. The van der Waals surface area contributed by atoms with Crippen molar-refractivity contribution < 1.29 is 9.90 Å². The van der Waals surface area contributed by atoms with Crippen LogP contribution in [0.4, 0.5) is 0 Å². The molecule has 4 nitrogen and oxygen atoms in total. The molecule has 1 aliphatic carbocycles. The lowest BCUT2D eigenvalue weighted by molar-refractivity contribution is -0.124. The molecule has 0 radical (unpaired) electrons. The smallest absolute Gasteiger partial charge is 0.237 e. The van der Waals surface area contributed by atoms with E-state index in [1.54, 1.807) is 13.8 Å². The van der Waals surface area contributed by atoms with Gasteiger partial charge >= 0.3 is 0 Å². The molecule has 0 bridgehead atoms. The van der Waals surface area contributed by atoms with Gasteiger partial charge in [0.25, 0.3) is 0 Å². The second-order valence-electron chi connectivity index (χ2n) is 5.83. The SMILES string of the molecule is CC(NC(C)(C)C(C)(C)O)C(=O)NC1CC1. The number of carbonyl (C=O) groups is 1. The summed E-state index contributed by atoms with van der Waals surface area (Å²) in [4.78, 5) is 11.7. The lowest BCUT2D eigenvalue weighted by atomic mass is 9.85. The number of amides is 1. The van der Waals surface area contributed by atoms with Crippen LogP contribution in [0.2, 0.25) is 0 Å². The highest BCUT2D eigenvalue weighted by Crippen LogP contribution is 2.22. The molecule has 1 saturated carbocycles. The summed E-state index contributed by atoms with van der Waals surface area (Å²) < 4.78 is 0. The van der Waals surface area contributed by atoms with Crippen LogP contribution < -0.4 is 10.6 Å². The maximum absolute atomic E-state index is 11.7. The molecule has 0 spiro atoms. The number of rotatable bonds is 5. The zero-order valence-corrected chi connectivity index (χ0v) is 10.9. The predicted molar refractivity (Wildman–Crippen MR) is 64.1 cm³/mol. The summed E-state index contributed by atoms with van der Waals surface area (Å²) in [5.74, 6) is 0.0137. The third-order valence-corrected chi connectivity index (χ3v) is 3.42. The number of hydrogen-bond acceptors (Lipinski definition) is 3. The fourth-order valence-electron chi connectivity index (χ4n) is 1.34. The molecule has 4 heteroatoms. The van der Waals surface area contributed by atoms with Gasteiger partial charge in [0, 0.05) is 11.6 Å². The molecule has 1 unspecified atom stereocenters. The number of carbonyl (C=O) groups excluding carboxylic acids is 1. The molecular weight excluding hydrogens is 204 g/mol. The molecule has 0 heterocycles. The van der Waals surface area contributed by atoms with Gasteiger partial charge in [-0.15, -0.1) is 0 Å². The quantitative estimate of drug-likeness (QED) is 0.652. The molecule has 3 N–H and O–H groups in total. The first-order valence-corrected chi connectivity index (χ1v) is 5.94. The first-order chi connectivity index (χ1) is 7.13. The third kappa shape index (κ3) is 3.46. The van der Waals surface area contributed by atoms with Crippen molar-refractivity contribution in [3.8, 4) is 0 Å². The molecule has 0 aliphatic heterocycles. The second kappa shape index (κ2) is 4.34. The van der Waals surface area contributed by atoms with E-state index in [9.17, 15) is 9.90 Å². The van der Waals surface area contributed by atoms with Crippen LogP contribution in [0.25, 0.3) is 0 Å². The van der Waals surface area contributed by atoms with Crippen molar-refractivity contribution in [1.29, 1.82) is 0 Å². The molecule has 1 aliphatic rings. The Morgan fingerprint density at radius 3 is 2.19 bits per heavy atom. The van der Waals surface area contributed by atoms with Crippen LogP contribution in [0.3, 0.4) is 0 Å². The number of hydrogen-bond donors (Lipinski definition) is 3. The van der Waals surface area contributed by atoms with E-state index in [4.69, 9.17) is 0 Å². The van der Waals surface area contributed by atoms with Gasteiger partial charge in [-0.3, -0.25) is 10.1 Å². The van der Waals surface area contributed by atoms with Crippen molar-refractivity contribution in [2.45, 2.75) is 70.7 Å². The summed E-state index contributed by atoms with van der Waals surface area (Å²) in [6.45, 7) is 9.10. The second-order valence-corrected chi connectivity index (χ2v) is 5.83. The van der Waals surface area contributed by atoms with Gasteiger partial charge in [-0.1, -0.05) is 0 Å². The molecule has 1 amide bonds. The van der Waals surface area contributed by atoms with Crippen LogP contribution in [0.15, 0.2) is 0 Å². The van der Waals surface area contributed by atoms with Gasteiger partial charge in [0.1, 0.15) is 0 Å². The minimum Gasteiger partial charge on any atom is -0.389 e. The largest absolute Gasteiger partial charge is 0.389 e. The van der Waals surface area contributed by atoms with Gasteiger partial charge in [0.05, 0.1) is 11.6 Å². The van der Waals surface area contributed by atoms with Gasteiger partial charge < -0.3 is 10.4 Å². The standard InChI is InChI=1S/C12H24N2O2/c1-8(10(15)13-9-6-7-9)14-11(2,3)12(4,5)16/h8-9,14,16H,6-7H2,1-5H3,(H,13,15). The zero-order valence-electron chi connectivity index (χ0n) is 10.9. The van der Waals surface area contributed by atoms with E-state index in [1.165, 1.54) is 0 Å². The molecule has 0 saturated heterocycles. The fraction of sp³-hybridized carbons (Fsp3) is 0.917. The number of aliphatic hydroxyl groups is 1. The van der Waals surface area contributed by atoms with E-state index < -0.39 is 11.1 Å². The Bertz CT molecular complexity index is 265. The minimum atomic E-state index is -0.874. The Kier molecular flexibility index (Phi) is 3.65. The molecule has 1 fully saturated rings. The Morgan fingerprint density at radius 1 is 1.31 bits per heavy atom. The van der Waals surface area contributed by atoms with Crippen molar-refractivity contribution in [1.82, 2.24) is 10.6 Å². The average molecular weight is 228 g/mol. The van der Waals surface area contributed by atoms with E-state index in [-0.39, 0.29) is 11.9 Å². The van der Waals surface area contributed by atoms with E-state index in [1.807, 2.05) is 20.8 Å². The summed E-state index contributed by atoms with van der Waals surface area (Å²) in [5, 5.41) is 16.1.